The van der Waals surface area contributed by atoms with Crippen molar-refractivity contribution < 1.29 is 4.57 Å². The molecule has 2 N–H and O–H groups in total. The third-order valence-corrected chi connectivity index (χ3v) is 1.55. The maximum absolute atomic E-state index is 10.5. The zero-order valence-electron chi connectivity index (χ0n) is 6.64. The summed E-state index contributed by atoms with van der Waals surface area (Å²) in [5.74, 6) is 0.273. The monoisotopic (exact) mass is 206 g/mol. The third kappa shape index (κ3) is 4.13. The Morgan fingerprint density at radius 1 is 1.83 bits per heavy atom. The first kappa shape index (κ1) is 11.2. The lowest BCUT2D eigenvalue weighted by Gasteiger charge is -2.09. The number of hydrogen-bond acceptors (Lipinski definition) is 3. The number of rotatable bonds is 2. The fourth-order valence-electron chi connectivity index (χ4n) is 0.435. The minimum atomic E-state index is -1.80. The van der Waals surface area contributed by atoms with E-state index < -0.39 is 7.15 Å². The summed E-state index contributed by atoms with van der Waals surface area (Å²) in [5, 5.41) is 10.7. The van der Waals surface area contributed by atoms with Gasteiger partial charge in [-0.05, 0) is 9.76 Å². The lowest BCUT2D eigenvalue weighted by Crippen LogP contribution is -2.41. The predicted molar refractivity (Wildman–Crippen MR) is 49.6 cm³/mol. The number of guanidine groups is 1. The average molecular weight is 206 g/mol. The summed E-state index contributed by atoms with van der Waals surface area (Å²) < 4.78 is 10.5. The van der Waals surface area contributed by atoms with Crippen LogP contribution in [0.5, 0.6) is 0 Å². The topological polar surface area (TPSA) is 80.5 Å². The van der Waals surface area contributed by atoms with E-state index in [1.165, 1.54) is 19.0 Å². The highest BCUT2D eigenvalue weighted by Crippen LogP contribution is 2.16. The molecule has 0 radical (unpaired) electrons. The quantitative estimate of drug-likeness (QED) is 0.113. The van der Waals surface area contributed by atoms with Crippen LogP contribution in [-0.2, 0) is 4.57 Å². The molecule has 6 nitrogen and oxygen atoms in total. The molecule has 0 rings (SSSR count). The number of hydrazine groups is 1. The normalized spacial score (nSPS) is 11.8. The van der Waals surface area contributed by atoms with Crippen LogP contribution in [0.2, 0.25) is 0 Å². The molecule has 1 unspecified atom stereocenters. The molecule has 0 saturated carbocycles. The van der Waals surface area contributed by atoms with Crippen LogP contribution in [0.1, 0.15) is 0 Å². The average Bonchev–Trinajstić information content (AvgIpc) is 2.04. The summed E-state index contributed by atoms with van der Waals surface area (Å²) in [5.41, 5.74) is 2.46. The van der Waals surface area contributed by atoms with Crippen molar-refractivity contribution in [3.05, 3.63) is 0 Å². The number of aliphatic imine (C=N–C) groups is 1. The molecule has 0 aliphatic carbocycles. The van der Waals surface area contributed by atoms with E-state index in [2.05, 4.69) is 27.9 Å². The molecule has 0 aromatic carbocycles. The molecule has 0 heterocycles. The second-order valence-corrected chi connectivity index (χ2v) is 3.58. The van der Waals surface area contributed by atoms with Crippen LogP contribution in [0.15, 0.2) is 4.99 Å². The smallest absolute Gasteiger partial charge is 0.254 e. The SMILES string of the molecule is CN=C(NN[P+](=O)S)N(C)C#N. The van der Waals surface area contributed by atoms with Crippen LogP contribution in [-0.4, -0.2) is 25.0 Å². The highest BCUT2D eigenvalue weighted by atomic mass is 32.7. The Balaban J connectivity index is 4.04. The molecule has 1 atom stereocenters. The fraction of sp³-hybridized carbons (Fsp3) is 0.500. The van der Waals surface area contributed by atoms with E-state index in [0.717, 1.165) is 0 Å². The zero-order valence-corrected chi connectivity index (χ0v) is 8.43. The summed E-state index contributed by atoms with van der Waals surface area (Å²) in [4.78, 5) is 4.89. The molecule has 0 aliphatic rings. The second-order valence-electron chi connectivity index (χ2n) is 1.72. The molecular formula is C4H9N5OPS+. The van der Waals surface area contributed by atoms with Crippen molar-refractivity contribution in [1.82, 2.24) is 15.5 Å². The first-order valence-corrected chi connectivity index (χ1v) is 5.31. The number of hydrogen-bond donors (Lipinski definition) is 3. The van der Waals surface area contributed by atoms with Gasteiger partial charge in [0.1, 0.15) is 12.2 Å². The van der Waals surface area contributed by atoms with Gasteiger partial charge in [-0.3, -0.25) is 15.3 Å². The predicted octanol–water partition coefficient (Wildman–Crippen LogP) is 0.0665. The van der Waals surface area contributed by atoms with Gasteiger partial charge in [0.2, 0.25) is 5.96 Å². The van der Waals surface area contributed by atoms with Gasteiger partial charge in [0.25, 0.3) is 0 Å². The molecule has 0 fully saturated rings. The third-order valence-electron chi connectivity index (χ3n) is 0.943. The van der Waals surface area contributed by atoms with Gasteiger partial charge < -0.3 is 0 Å². The van der Waals surface area contributed by atoms with Crippen molar-refractivity contribution >= 4 is 25.4 Å². The van der Waals surface area contributed by atoms with Crippen LogP contribution in [0.25, 0.3) is 0 Å². The largest absolute Gasteiger partial charge is 0.523 e. The minimum Gasteiger partial charge on any atom is -0.254 e. The van der Waals surface area contributed by atoms with Gasteiger partial charge in [-0.1, -0.05) is 0 Å². The molecule has 66 valence electrons. The van der Waals surface area contributed by atoms with Crippen LogP contribution < -0.4 is 10.6 Å². The molecule has 0 bridgehead atoms. The van der Waals surface area contributed by atoms with E-state index in [0.29, 0.717) is 0 Å². The van der Waals surface area contributed by atoms with Gasteiger partial charge in [0.15, 0.2) is 6.19 Å². The number of nitriles is 1. The summed E-state index contributed by atoms with van der Waals surface area (Å²) in [6.45, 7) is 0. The van der Waals surface area contributed by atoms with Gasteiger partial charge in [0, 0.05) is 14.1 Å². The van der Waals surface area contributed by atoms with Gasteiger partial charge in [0.05, 0.1) is 0 Å². The molecule has 0 aromatic rings. The molecule has 0 aliphatic heterocycles. The highest BCUT2D eigenvalue weighted by molar-refractivity contribution is 8.39. The summed E-state index contributed by atoms with van der Waals surface area (Å²) in [6, 6.07) is 0. The molecule has 0 aromatic heterocycles. The second kappa shape index (κ2) is 5.77. The van der Waals surface area contributed by atoms with Crippen molar-refractivity contribution in [2.75, 3.05) is 14.1 Å². The number of thiol groups is 1. The Bertz CT molecular complexity index is 236. The standard InChI is InChI=1S/C4H8N5OPS/c1-6-4(9(2)3-5)7-8-11(10)12/h1-2H3,(H2-,6,7,8,10,12)/p+1. The maximum atomic E-state index is 10.5. The first-order valence-electron chi connectivity index (χ1n) is 2.90. The summed E-state index contributed by atoms with van der Waals surface area (Å²) in [6.07, 6.45) is 1.82. The highest BCUT2D eigenvalue weighted by Gasteiger charge is 2.10. The van der Waals surface area contributed by atoms with Crippen LogP contribution in [0, 0.1) is 11.5 Å². The Labute approximate surface area is 76.6 Å². The molecule has 0 spiro atoms. The van der Waals surface area contributed by atoms with Crippen molar-refractivity contribution in [1.29, 1.82) is 5.26 Å². The van der Waals surface area contributed by atoms with Crippen LogP contribution in [0.4, 0.5) is 0 Å². The lowest BCUT2D eigenvalue weighted by atomic mass is 10.8. The van der Waals surface area contributed by atoms with Gasteiger partial charge in [-0.2, -0.15) is 5.26 Å². The summed E-state index contributed by atoms with van der Waals surface area (Å²) >= 11 is 3.59. The Morgan fingerprint density at radius 2 is 2.42 bits per heavy atom. The van der Waals surface area contributed by atoms with Gasteiger partial charge >= 0.3 is 7.15 Å². The van der Waals surface area contributed by atoms with Crippen LogP contribution >= 0.6 is 19.4 Å². The molecule has 12 heavy (non-hydrogen) atoms. The molecule has 8 heteroatoms. The summed E-state index contributed by atoms with van der Waals surface area (Å²) in [7, 11) is 1.22. The fourth-order valence-corrected chi connectivity index (χ4v) is 0.781. The molecule has 0 saturated heterocycles. The van der Waals surface area contributed by atoms with Gasteiger partial charge in [-0.15, -0.1) is 0 Å². The Hall–Kier alpha value is -0.830. The molecular weight excluding hydrogens is 197 g/mol. The maximum Gasteiger partial charge on any atom is 0.523 e. The van der Waals surface area contributed by atoms with Gasteiger partial charge in [-0.25, -0.2) is 0 Å². The van der Waals surface area contributed by atoms with Crippen molar-refractivity contribution in [3.8, 4) is 6.19 Å². The van der Waals surface area contributed by atoms with Crippen molar-refractivity contribution in [2.24, 2.45) is 4.99 Å². The lowest BCUT2D eigenvalue weighted by molar-refractivity contribution is 0.580. The van der Waals surface area contributed by atoms with E-state index in [1.54, 1.807) is 0 Å². The van der Waals surface area contributed by atoms with E-state index in [4.69, 9.17) is 5.26 Å². The number of nitrogens with zero attached hydrogens (tertiary/aromatic N) is 3. The van der Waals surface area contributed by atoms with E-state index >= 15 is 0 Å². The minimum absolute atomic E-state index is 0.273. The van der Waals surface area contributed by atoms with E-state index in [-0.39, 0.29) is 5.96 Å². The Morgan fingerprint density at radius 3 is 2.75 bits per heavy atom. The van der Waals surface area contributed by atoms with E-state index in [9.17, 15) is 4.57 Å². The zero-order chi connectivity index (χ0) is 9.56. The first-order chi connectivity index (χ1) is 5.61. The Kier molecular flexibility index (Phi) is 5.37. The van der Waals surface area contributed by atoms with Crippen molar-refractivity contribution in [3.63, 3.8) is 0 Å². The van der Waals surface area contributed by atoms with Crippen LogP contribution in [0.3, 0.4) is 0 Å². The van der Waals surface area contributed by atoms with Crippen molar-refractivity contribution in [2.45, 2.75) is 0 Å². The van der Waals surface area contributed by atoms with E-state index in [1.807, 2.05) is 6.19 Å². The molecule has 0 amide bonds. The number of nitrogens with one attached hydrogen (secondary N) is 2.